The molecule has 4 nitrogen and oxygen atoms in total. The van der Waals surface area contributed by atoms with E-state index >= 15 is 0 Å². The fourth-order valence-corrected chi connectivity index (χ4v) is 6.15. The van der Waals surface area contributed by atoms with Crippen LogP contribution in [0.1, 0.15) is 59.8 Å². The Morgan fingerprint density at radius 1 is 0.704 bits per heavy atom. The summed E-state index contributed by atoms with van der Waals surface area (Å²) >= 11 is 0. The van der Waals surface area contributed by atoms with Crippen LogP contribution in [-0.4, -0.2) is 91.2 Å². The topological polar surface area (TPSA) is 13.0 Å². The van der Waals surface area contributed by atoms with Gasteiger partial charge in [-0.05, 0) is 75.8 Å². The maximum atomic E-state index is 2.81. The summed E-state index contributed by atoms with van der Waals surface area (Å²) in [6.45, 7) is 22.5. The van der Waals surface area contributed by atoms with Crippen LogP contribution < -0.4 is 0 Å². The second kappa shape index (κ2) is 7.93. The maximum Gasteiger partial charge on any atom is 0.0507 e. The van der Waals surface area contributed by atoms with Crippen LogP contribution in [0.25, 0.3) is 0 Å². The molecular weight excluding hydrogens is 332 g/mol. The van der Waals surface area contributed by atoms with Crippen LogP contribution in [0.4, 0.5) is 0 Å². The number of piperazine rings is 1. The van der Waals surface area contributed by atoms with Crippen molar-refractivity contribution in [3.8, 4) is 0 Å². The zero-order chi connectivity index (χ0) is 19.1. The van der Waals surface area contributed by atoms with E-state index in [-0.39, 0.29) is 0 Å². The first-order chi connectivity index (χ1) is 12.9. The van der Waals surface area contributed by atoms with Crippen LogP contribution in [0.3, 0.4) is 0 Å². The number of likely N-dealkylation sites (tertiary alicyclic amines) is 2. The normalized spacial score (nSPS) is 29.6. The van der Waals surface area contributed by atoms with E-state index < -0.39 is 0 Å². The molecule has 0 aromatic heterocycles. The van der Waals surface area contributed by atoms with E-state index in [4.69, 9.17) is 0 Å². The minimum Gasteiger partial charge on any atom is -0.303 e. The molecule has 1 saturated carbocycles. The average Bonchev–Trinajstić information content (AvgIpc) is 3.34. The Balaban J connectivity index is 1.14. The summed E-state index contributed by atoms with van der Waals surface area (Å²) in [5.74, 6) is 0.867. The third-order valence-electron chi connectivity index (χ3n) is 7.93. The predicted octanol–water partition coefficient (Wildman–Crippen LogP) is 3.19. The second-order valence-corrected chi connectivity index (χ2v) is 11.3. The van der Waals surface area contributed by atoms with Gasteiger partial charge >= 0.3 is 0 Å². The van der Waals surface area contributed by atoms with Crippen LogP contribution in [0, 0.1) is 16.7 Å². The van der Waals surface area contributed by atoms with Gasteiger partial charge in [-0.1, -0.05) is 13.8 Å². The van der Waals surface area contributed by atoms with Gasteiger partial charge in [-0.2, -0.15) is 0 Å². The molecule has 0 amide bonds. The van der Waals surface area contributed by atoms with Crippen LogP contribution in [-0.2, 0) is 0 Å². The number of hydrogen-bond donors (Lipinski definition) is 0. The van der Waals surface area contributed by atoms with Crippen LogP contribution in [0.15, 0.2) is 0 Å². The van der Waals surface area contributed by atoms with Crippen molar-refractivity contribution in [3.63, 3.8) is 0 Å². The van der Waals surface area contributed by atoms with Crippen molar-refractivity contribution < 1.29 is 0 Å². The molecule has 0 unspecified atom stereocenters. The van der Waals surface area contributed by atoms with Crippen molar-refractivity contribution in [1.82, 2.24) is 19.6 Å². The lowest BCUT2D eigenvalue weighted by Gasteiger charge is -2.55. The molecule has 0 atom stereocenters. The molecule has 0 N–H and O–H groups in total. The van der Waals surface area contributed by atoms with Gasteiger partial charge in [-0.15, -0.1) is 0 Å². The molecule has 3 heterocycles. The minimum absolute atomic E-state index is 0.672. The fourth-order valence-electron chi connectivity index (χ4n) is 6.15. The molecule has 1 aliphatic carbocycles. The van der Waals surface area contributed by atoms with Gasteiger partial charge in [-0.3, -0.25) is 14.7 Å². The zero-order valence-corrected chi connectivity index (χ0v) is 18.6. The Morgan fingerprint density at radius 2 is 1.33 bits per heavy atom. The molecule has 4 fully saturated rings. The predicted molar refractivity (Wildman–Crippen MR) is 114 cm³/mol. The Kier molecular flexibility index (Phi) is 5.91. The zero-order valence-electron chi connectivity index (χ0n) is 18.6. The minimum atomic E-state index is 0.672. The first kappa shape index (κ1) is 20.1. The molecule has 4 heteroatoms. The molecule has 4 aliphatic rings. The molecule has 156 valence electrons. The molecule has 0 aromatic rings. The van der Waals surface area contributed by atoms with E-state index in [0.29, 0.717) is 16.9 Å². The number of nitrogens with zero attached hydrogens (tertiary/aromatic N) is 4. The van der Waals surface area contributed by atoms with Crippen LogP contribution >= 0.6 is 0 Å². The van der Waals surface area contributed by atoms with Gasteiger partial charge in [0.25, 0.3) is 0 Å². The summed E-state index contributed by atoms with van der Waals surface area (Å²) in [6, 6.07) is 0.708. The quantitative estimate of drug-likeness (QED) is 0.676. The number of hydrogen-bond acceptors (Lipinski definition) is 4. The van der Waals surface area contributed by atoms with E-state index in [0.717, 1.165) is 5.92 Å². The van der Waals surface area contributed by atoms with Crippen molar-refractivity contribution in [3.05, 3.63) is 0 Å². The van der Waals surface area contributed by atoms with Crippen molar-refractivity contribution in [2.45, 2.75) is 65.8 Å². The van der Waals surface area contributed by atoms with Crippen molar-refractivity contribution >= 4 is 0 Å². The highest BCUT2D eigenvalue weighted by Crippen LogP contribution is 2.52. The summed E-state index contributed by atoms with van der Waals surface area (Å²) in [6.07, 6.45) is 7.33. The Hall–Kier alpha value is -0.160. The highest BCUT2D eigenvalue weighted by Gasteiger charge is 2.48. The fraction of sp³-hybridized carbons (Fsp3) is 1.00. The second-order valence-electron chi connectivity index (χ2n) is 11.3. The summed E-state index contributed by atoms with van der Waals surface area (Å²) < 4.78 is 0. The molecule has 0 aromatic carbocycles. The third kappa shape index (κ3) is 4.88. The summed E-state index contributed by atoms with van der Waals surface area (Å²) in [5, 5.41) is 0. The largest absolute Gasteiger partial charge is 0.303 e. The number of piperidine rings is 1. The van der Waals surface area contributed by atoms with Crippen LogP contribution in [0.5, 0.6) is 0 Å². The van der Waals surface area contributed by atoms with Crippen LogP contribution in [0.2, 0.25) is 0 Å². The lowest BCUT2D eigenvalue weighted by atomic mass is 9.72. The van der Waals surface area contributed by atoms with Gasteiger partial charge in [0.15, 0.2) is 0 Å². The lowest BCUT2D eigenvalue weighted by molar-refractivity contribution is -0.0786. The SMILES string of the molecule is CC(C)CC1(CN2CCC3(CC2)CN(CN2CCN(C(C)C)CC2)C3)CC1. The van der Waals surface area contributed by atoms with E-state index in [1.807, 2.05) is 0 Å². The monoisotopic (exact) mass is 376 g/mol. The molecule has 3 saturated heterocycles. The van der Waals surface area contributed by atoms with Crippen molar-refractivity contribution in [2.75, 3.05) is 65.6 Å². The van der Waals surface area contributed by atoms with E-state index in [9.17, 15) is 0 Å². The highest BCUT2D eigenvalue weighted by molar-refractivity contribution is 5.01. The van der Waals surface area contributed by atoms with Crippen molar-refractivity contribution in [2.24, 2.45) is 16.7 Å². The third-order valence-corrected chi connectivity index (χ3v) is 7.93. The molecular formula is C23H44N4. The summed E-state index contributed by atoms with van der Waals surface area (Å²) in [4.78, 5) is 10.8. The Morgan fingerprint density at radius 3 is 1.85 bits per heavy atom. The van der Waals surface area contributed by atoms with Gasteiger partial charge in [0.1, 0.15) is 0 Å². The van der Waals surface area contributed by atoms with Gasteiger partial charge in [0.05, 0.1) is 6.67 Å². The summed E-state index contributed by atoms with van der Waals surface area (Å²) in [7, 11) is 0. The van der Waals surface area contributed by atoms with Crippen molar-refractivity contribution in [1.29, 1.82) is 0 Å². The van der Waals surface area contributed by atoms with Gasteiger partial charge < -0.3 is 4.90 Å². The van der Waals surface area contributed by atoms with Gasteiger partial charge in [-0.25, -0.2) is 0 Å². The van der Waals surface area contributed by atoms with Gasteiger partial charge in [0, 0.05) is 51.9 Å². The smallest absolute Gasteiger partial charge is 0.0507 e. The molecule has 0 bridgehead atoms. The standard InChI is InChI=1S/C23H44N4/c1-20(2)15-22(5-6-22)16-24-9-7-23(8-10-24)17-26(18-23)19-25-11-13-27(14-12-25)21(3)4/h20-21H,5-19H2,1-4H3. The Labute approximate surface area is 168 Å². The molecule has 0 radical (unpaired) electrons. The highest BCUT2D eigenvalue weighted by atomic mass is 15.4. The molecule has 3 aliphatic heterocycles. The maximum absolute atomic E-state index is 2.81. The van der Waals surface area contributed by atoms with Gasteiger partial charge in [0.2, 0.25) is 0 Å². The first-order valence-corrected chi connectivity index (χ1v) is 11.8. The Bertz CT molecular complexity index is 475. The summed E-state index contributed by atoms with van der Waals surface area (Å²) in [5.41, 5.74) is 1.38. The lowest BCUT2D eigenvalue weighted by Crippen LogP contribution is -2.63. The van der Waals surface area contributed by atoms with E-state index in [1.165, 1.54) is 97.7 Å². The number of rotatable bonds is 7. The molecule has 4 rings (SSSR count). The average molecular weight is 377 g/mol. The van der Waals surface area contributed by atoms with E-state index in [1.54, 1.807) is 0 Å². The molecule has 1 spiro atoms. The first-order valence-electron chi connectivity index (χ1n) is 11.8. The van der Waals surface area contributed by atoms with E-state index in [2.05, 4.69) is 47.3 Å². The molecule has 27 heavy (non-hydrogen) atoms.